The number of aromatic nitrogens is 5. The van der Waals surface area contributed by atoms with E-state index in [1.165, 1.54) is 18.0 Å². The van der Waals surface area contributed by atoms with Crippen molar-refractivity contribution < 1.29 is 0 Å². The molecule has 0 bridgehead atoms. The second kappa shape index (κ2) is 5.10. The van der Waals surface area contributed by atoms with Crippen molar-refractivity contribution in [1.29, 1.82) is 0 Å². The van der Waals surface area contributed by atoms with Crippen LogP contribution >= 0.6 is 0 Å². The molecule has 1 fully saturated rings. The summed E-state index contributed by atoms with van der Waals surface area (Å²) in [6.45, 7) is 3.71. The minimum absolute atomic E-state index is 0.341. The lowest BCUT2D eigenvalue weighted by Crippen LogP contribution is -2.41. The number of fused-ring (bicyclic) bond motifs is 1. The van der Waals surface area contributed by atoms with Gasteiger partial charge in [-0.25, -0.2) is 9.48 Å². The Morgan fingerprint density at radius 1 is 1.19 bits per heavy atom. The van der Waals surface area contributed by atoms with Gasteiger partial charge in [-0.1, -0.05) is 11.6 Å². The van der Waals surface area contributed by atoms with Crippen LogP contribution in [0.1, 0.15) is 26.2 Å². The van der Waals surface area contributed by atoms with Crippen LogP contribution in [0.15, 0.2) is 9.59 Å². The van der Waals surface area contributed by atoms with Gasteiger partial charge in [0.15, 0.2) is 11.2 Å². The van der Waals surface area contributed by atoms with Crippen molar-refractivity contribution in [2.45, 2.75) is 38.9 Å². The van der Waals surface area contributed by atoms with Gasteiger partial charge >= 0.3 is 5.69 Å². The number of likely N-dealkylation sites (tertiary alicyclic amines) is 1. The van der Waals surface area contributed by atoms with Gasteiger partial charge < -0.3 is 0 Å². The molecule has 114 valence electrons. The highest BCUT2D eigenvalue weighted by Gasteiger charge is 2.21. The summed E-state index contributed by atoms with van der Waals surface area (Å²) in [4.78, 5) is 26.5. The quantitative estimate of drug-likeness (QED) is 0.757. The first-order valence-electron chi connectivity index (χ1n) is 7.24. The molecule has 2 aromatic heterocycles. The predicted octanol–water partition coefficient (Wildman–Crippen LogP) is -0.339. The van der Waals surface area contributed by atoms with E-state index in [0.29, 0.717) is 23.9 Å². The van der Waals surface area contributed by atoms with E-state index in [9.17, 15) is 9.59 Å². The Bertz CT molecular complexity index is 786. The summed E-state index contributed by atoms with van der Waals surface area (Å²) in [5, 5.41) is 8.09. The summed E-state index contributed by atoms with van der Waals surface area (Å²) in [7, 11) is 3.08. The first-order chi connectivity index (χ1) is 10.0. The highest BCUT2D eigenvalue weighted by Crippen LogP contribution is 2.17. The maximum atomic E-state index is 12.3. The zero-order valence-corrected chi connectivity index (χ0v) is 12.6. The van der Waals surface area contributed by atoms with Crippen LogP contribution in [0.5, 0.6) is 0 Å². The summed E-state index contributed by atoms with van der Waals surface area (Å²) in [5.74, 6) is 0. The Morgan fingerprint density at radius 3 is 2.67 bits per heavy atom. The smallest absolute Gasteiger partial charge is 0.282 e. The molecular weight excluding hydrogens is 272 g/mol. The van der Waals surface area contributed by atoms with E-state index in [4.69, 9.17) is 0 Å². The molecule has 0 aromatic carbocycles. The summed E-state index contributed by atoms with van der Waals surface area (Å²) < 4.78 is 4.07. The minimum atomic E-state index is -0.383. The molecule has 1 atom stereocenters. The van der Waals surface area contributed by atoms with Gasteiger partial charge in [-0.3, -0.25) is 18.8 Å². The van der Waals surface area contributed by atoms with Crippen molar-refractivity contribution in [2.24, 2.45) is 14.1 Å². The fraction of sp³-hybridized carbons (Fsp3) is 0.692. The maximum Gasteiger partial charge on any atom is 0.332 e. The zero-order valence-electron chi connectivity index (χ0n) is 12.6. The van der Waals surface area contributed by atoms with Crippen molar-refractivity contribution in [3.05, 3.63) is 20.8 Å². The van der Waals surface area contributed by atoms with E-state index in [-0.39, 0.29) is 11.2 Å². The monoisotopic (exact) mass is 292 g/mol. The molecule has 3 rings (SSSR count). The summed E-state index contributed by atoms with van der Waals surface area (Å²) >= 11 is 0. The van der Waals surface area contributed by atoms with Crippen molar-refractivity contribution in [3.63, 3.8) is 0 Å². The largest absolute Gasteiger partial charge is 0.332 e. The van der Waals surface area contributed by atoms with E-state index in [0.717, 1.165) is 24.0 Å². The molecular formula is C13H20N6O2. The van der Waals surface area contributed by atoms with E-state index in [1.54, 1.807) is 11.7 Å². The standard InChI is InChI=1S/C13H20N6O2/c1-9-6-4-5-7-18(9)8-19-10-11(14-15-19)16(2)13(21)17(3)12(10)20/h9H,4-8H2,1-3H3. The van der Waals surface area contributed by atoms with E-state index in [2.05, 4.69) is 22.1 Å². The Labute approximate surface area is 121 Å². The second-order valence-electron chi connectivity index (χ2n) is 5.77. The van der Waals surface area contributed by atoms with Crippen LogP contribution in [-0.2, 0) is 20.8 Å². The molecule has 1 aliphatic rings. The molecule has 21 heavy (non-hydrogen) atoms. The minimum Gasteiger partial charge on any atom is -0.282 e. The Kier molecular flexibility index (Phi) is 3.40. The molecule has 0 spiro atoms. The molecule has 0 saturated carbocycles. The molecule has 1 saturated heterocycles. The van der Waals surface area contributed by atoms with Crippen LogP contribution in [0.3, 0.4) is 0 Å². The number of hydrogen-bond acceptors (Lipinski definition) is 5. The van der Waals surface area contributed by atoms with E-state index in [1.807, 2.05) is 0 Å². The third-order valence-electron chi connectivity index (χ3n) is 4.37. The molecule has 1 unspecified atom stereocenters. The van der Waals surface area contributed by atoms with Gasteiger partial charge in [0.2, 0.25) is 0 Å². The molecule has 0 radical (unpaired) electrons. The third-order valence-corrected chi connectivity index (χ3v) is 4.37. The van der Waals surface area contributed by atoms with Gasteiger partial charge in [-0.2, -0.15) is 0 Å². The number of piperidine rings is 1. The Hall–Kier alpha value is -1.96. The van der Waals surface area contributed by atoms with Crippen LogP contribution in [-0.4, -0.2) is 41.6 Å². The van der Waals surface area contributed by atoms with Crippen molar-refractivity contribution in [3.8, 4) is 0 Å². The third kappa shape index (κ3) is 2.19. The van der Waals surface area contributed by atoms with Crippen LogP contribution in [0, 0.1) is 0 Å². The fourth-order valence-corrected chi connectivity index (χ4v) is 2.94. The van der Waals surface area contributed by atoms with E-state index >= 15 is 0 Å². The van der Waals surface area contributed by atoms with Crippen LogP contribution in [0.2, 0.25) is 0 Å². The van der Waals surface area contributed by atoms with Gasteiger partial charge in [0.05, 0.1) is 6.67 Å². The summed E-state index contributed by atoms with van der Waals surface area (Å²) in [5.41, 5.74) is -0.00112. The molecule has 0 aliphatic carbocycles. The highest BCUT2D eigenvalue weighted by atomic mass is 16.2. The lowest BCUT2D eigenvalue weighted by molar-refractivity contribution is 0.116. The highest BCUT2D eigenvalue weighted by molar-refractivity contribution is 5.68. The molecule has 3 heterocycles. The molecule has 8 heteroatoms. The van der Waals surface area contributed by atoms with Gasteiger partial charge in [0, 0.05) is 26.7 Å². The van der Waals surface area contributed by atoms with Gasteiger partial charge in [-0.15, -0.1) is 5.10 Å². The summed E-state index contributed by atoms with van der Waals surface area (Å²) in [6.07, 6.45) is 3.56. The average molecular weight is 292 g/mol. The fourth-order valence-electron chi connectivity index (χ4n) is 2.94. The number of rotatable bonds is 2. The van der Waals surface area contributed by atoms with E-state index < -0.39 is 0 Å². The Balaban J connectivity index is 2.08. The maximum absolute atomic E-state index is 12.3. The van der Waals surface area contributed by atoms with Crippen LogP contribution < -0.4 is 11.2 Å². The topological polar surface area (TPSA) is 78.0 Å². The predicted molar refractivity (Wildman–Crippen MR) is 78.0 cm³/mol. The molecule has 2 aromatic rings. The molecule has 8 nitrogen and oxygen atoms in total. The second-order valence-corrected chi connectivity index (χ2v) is 5.77. The van der Waals surface area contributed by atoms with Gasteiger partial charge in [0.25, 0.3) is 5.56 Å². The average Bonchev–Trinajstić information content (AvgIpc) is 2.89. The van der Waals surface area contributed by atoms with Crippen LogP contribution in [0.4, 0.5) is 0 Å². The normalized spacial score (nSPS) is 20.2. The number of nitrogens with zero attached hydrogens (tertiary/aromatic N) is 6. The van der Waals surface area contributed by atoms with Crippen molar-refractivity contribution in [1.82, 2.24) is 29.0 Å². The molecule has 1 aliphatic heterocycles. The van der Waals surface area contributed by atoms with Gasteiger partial charge in [0.1, 0.15) is 0 Å². The number of hydrogen-bond donors (Lipinski definition) is 0. The first kappa shape index (κ1) is 14.0. The zero-order chi connectivity index (χ0) is 15.1. The van der Waals surface area contributed by atoms with Crippen LogP contribution in [0.25, 0.3) is 11.2 Å². The van der Waals surface area contributed by atoms with Crippen molar-refractivity contribution >= 4 is 11.2 Å². The lowest BCUT2D eigenvalue weighted by Gasteiger charge is -2.32. The summed E-state index contributed by atoms with van der Waals surface area (Å²) in [6, 6.07) is 0.467. The first-order valence-corrected chi connectivity index (χ1v) is 7.24. The van der Waals surface area contributed by atoms with Crippen molar-refractivity contribution in [2.75, 3.05) is 6.54 Å². The molecule has 0 N–H and O–H groups in total. The number of aryl methyl sites for hydroxylation is 1. The Morgan fingerprint density at radius 2 is 1.95 bits per heavy atom. The van der Waals surface area contributed by atoms with Gasteiger partial charge in [-0.05, 0) is 19.8 Å². The molecule has 0 amide bonds. The SMILES string of the molecule is CC1CCCCN1Cn1nnc2c1c(=O)n(C)c(=O)n2C. The lowest BCUT2D eigenvalue weighted by atomic mass is 10.0.